The van der Waals surface area contributed by atoms with Gasteiger partial charge in [-0.15, -0.1) is 0 Å². The van der Waals surface area contributed by atoms with Gasteiger partial charge in [-0.3, -0.25) is 19.7 Å². The zero-order chi connectivity index (χ0) is 21.6. The fourth-order valence-corrected chi connectivity index (χ4v) is 3.84. The van der Waals surface area contributed by atoms with E-state index in [0.717, 1.165) is 25.9 Å². The van der Waals surface area contributed by atoms with Crippen LogP contribution in [0.2, 0.25) is 5.02 Å². The zero-order valence-corrected chi connectivity index (χ0v) is 17.6. The molecule has 0 aliphatic carbocycles. The third kappa shape index (κ3) is 5.21. The Bertz CT molecular complexity index is 1050. The SMILES string of the molecule is O=C(NCC1CCN(c2ccncc2)CC1)c1cc(NC(=O)c2ccccc2Cl)[nH]n1. The largest absolute Gasteiger partial charge is 0.371 e. The number of rotatable bonds is 6. The Labute approximate surface area is 185 Å². The monoisotopic (exact) mass is 438 g/mol. The van der Waals surface area contributed by atoms with Crippen LogP contribution in [0, 0.1) is 5.92 Å². The minimum absolute atomic E-state index is 0.226. The van der Waals surface area contributed by atoms with Gasteiger partial charge in [-0.1, -0.05) is 23.7 Å². The van der Waals surface area contributed by atoms with E-state index in [-0.39, 0.29) is 17.5 Å². The van der Waals surface area contributed by atoms with Gasteiger partial charge in [0.05, 0.1) is 10.6 Å². The van der Waals surface area contributed by atoms with E-state index in [0.29, 0.717) is 28.9 Å². The van der Waals surface area contributed by atoms with Crippen molar-refractivity contribution in [2.75, 3.05) is 29.9 Å². The first-order valence-electron chi connectivity index (χ1n) is 10.1. The Kier molecular flexibility index (Phi) is 6.47. The Hall–Kier alpha value is -3.39. The summed E-state index contributed by atoms with van der Waals surface area (Å²) in [5.41, 5.74) is 1.76. The minimum Gasteiger partial charge on any atom is -0.371 e. The highest BCUT2D eigenvalue weighted by atomic mass is 35.5. The van der Waals surface area contributed by atoms with Gasteiger partial charge in [0.1, 0.15) is 5.82 Å². The number of halogens is 1. The molecule has 1 aliphatic rings. The molecule has 0 unspecified atom stereocenters. The predicted molar refractivity (Wildman–Crippen MR) is 120 cm³/mol. The first-order valence-corrected chi connectivity index (χ1v) is 10.5. The van der Waals surface area contributed by atoms with E-state index in [1.807, 2.05) is 12.1 Å². The molecule has 8 nitrogen and oxygen atoms in total. The number of amides is 2. The Morgan fingerprint density at radius 2 is 1.84 bits per heavy atom. The lowest BCUT2D eigenvalue weighted by Gasteiger charge is -2.33. The van der Waals surface area contributed by atoms with Crippen molar-refractivity contribution in [1.29, 1.82) is 0 Å². The highest BCUT2D eigenvalue weighted by Gasteiger charge is 2.21. The molecule has 3 heterocycles. The number of nitrogens with zero attached hydrogens (tertiary/aromatic N) is 3. The molecule has 0 spiro atoms. The van der Waals surface area contributed by atoms with Crippen molar-refractivity contribution >= 4 is 34.9 Å². The maximum Gasteiger partial charge on any atom is 0.271 e. The average molecular weight is 439 g/mol. The predicted octanol–water partition coefficient (Wildman–Crippen LogP) is 3.36. The van der Waals surface area contributed by atoms with Gasteiger partial charge in [-0.05, 0) is 43.0 Å². The molecular formula is C22H23ClN6O2. The van der Waals surface area contributed by atoms with Crippen LogP contribution in [0.5, 0.6) is 0 Å². The first-order chi connectivity index (χ1) is 15.1. The Balaban J connectivity index is 1.25. The second kappa shape index (κ2) is 9.61. The molecular weight excluding hydrogens is 416 g/mol. The van der Waals surface area contributed by atoms with Crippen LogP contribution in [-0.2, 0) is 0 Å². The van der Waals surface area contributed by atoms with Crippen LogP contribution in [0.3, 0.4) is 0 Å². The maximum atomic E-state index is 12.5. The fourth-order valence-electron chi connectivity index (χ4n) is 3.61. The van der Waals surface area contributed by atoms with Gasteiger partial charge in [0.15, 0.2) is 5.69 Å². The first kappa shape index (κ1) is 20.9. The van der Waals surface area contributed by atoms with Crippen LogP contribution >= 0.6 is 11.6 Å². The van der Waals surface area contributed by atoms with E-state index in [4.69, 9.17) is 11.6 Å². The number of benzene rings is 1. The molecule has 9 heteroatoms. The van der Waals surface area contributed by atoms with Gasteiger partial charge < -0.3 is 15.5 Å². The molecule has 1 aliphatic heterocycles. The van der Waals surface area contributed by atoms with Gasteiger partial charge >= 0.3 is 0 Å². The van der Waals surface area contributed by atoms with Crippen molar-refractivity contribution in [2.45, 2.75) is 12.8 Å². The second-order valence-corrected chi connectivity index (χ2v) is 7.85. The highest BCUT2D eigenvalue weighted by molar-refractivity contribution is 6.34. The summed E-state index contributed by atoms with van der Waals surface area (Å²) in [5.74, 6) is 0.106. The third-order valence-corrected chi connectivity index (χ3v) is 5.70. The number of hydrogen-bond acceptors (Lipinski definition) is 5. The van der Waals surface area contributed by atoms with Crippen LogP contribution < -0.4 is 15.5 Å². The number of hydrogen-bond donors (Lipinski definition) is 3. The molecule has 3 N–H and O–H groups in total. The van der Waals surface area contributed by atoms with Gasteiger partial charge in [0, 0.05) is 43.8 Å². The molecule has 0 bridgehead atoms. The van der Waals surface area contributed by atoms with Crippen LogP contribution in [0.25, 0.3) is 0 Å². The molecule has 31 heavy (non-hydrogen) atoms. The molecule has 1 aromatic carbocycles. The number of nitrogens with one attached hydrogen (secondary N) is 3. The molecule has 1 fully saturated rings. The number of H-pyrrole nitrogens is 1. The lowest BCUT2D eigenvalue weighted by atomic mass is 9.96. The normalized spacial score (nSPS) is 14.3. The molecule has 2 aromatic heterocycles. The standard InChI is InChI=1S/C22H23ClN6O2/c23-18-4-2-1-3-17(18)21(30)26-20-13-19(27-28-20)22(31)25-14-15-7-11-29(12-8-15)16-5-9-24-10-6-16/h1-6,9-10,13,15H,7-8,11-12,14H2,(H,25,31)(H2,26,27,28,30). The van der Waals surface area contributed by atoms with Crippen LogP contribution in [-0.4, -0.2) is 46.6 Å². The fraction of sp³-hybridized carbons (Fsp3) is 0.273. The van der Waals surface area contributed by atoms with Crippen molar-refractivity contribution in [3.05, 3.63) is 71.1 Å². The van der Waals surface area contributed by atoms with Crippen molar-refractivity contribution in [3.8, 4) is 0 Å². The van der Waals surface area contributed by atoms with E-state index in [1.165, 1.54) is 11.8 Å². The number of pyridine rings is 1. The summed E-state index contributed by atoms with van der Waals surface area (Å²) in [7, 11) is 0. The number of carbonyl (C=O) groups excluding carboxylic acids is 2. The highest BCUT2D eigenvalue weighted by Crippen LogP contribution is 2.22. The summed E-state index contributed by atoms with van der Waals surface area (Å²) >= 11 is 6.04. The molecule has 3 aromatic rings. The topological polar surface area (TPSA) is 103 Å². The van der Waals surface area contributed by atoms with Crippen molar-refractivity contribution in [1.82, 2.24) is 20.5 Å². The molecule has 0 atom stereocenters. The summed E-state index contributed by atoms with van der Waals surface area (Å²) in [6, 6.07) is 12.3. The second-order valence-electron chi connectivity index (χ2n) is 7.45. The number of aromatic amines is 1. The number of aromatic nitrogens is 3. The lowest BCUT2D eigenvalue weighted by molar-refractivity contribution is 0.0939. The van der Waals surface area contributed by atoms with E-state index in [1.54, 1.807) is 36.7 Å². The molecule has 0 radical (unpaired) electrons. The van der Waals surface area contributed by atoms with Crippen molar-refractivity contribution in [3.63, 3.8) is 0 Å². The molecule has 1 saturated heterocycles. The molecule has 0 saturated carbocycles. The summed E-state index contributed by atoms with van der Waals surface area (Å²) in [6.07, 6.45) is 5.61. The summed E-state index contributed by atoms with van der Waals surface area (Å²) < 4.78 is 0. The number of carbonyl (C=O) groups is 2. The van der Waals surface area contributed by atoms with Crippen LogP contribution in [0.4, 0.5) is 11.5 Å². The smallest absolute Gasteiger partial charge is 0.271 e. The lowest BCUT2D eigenvalue weighted by Crippen LogP contribution is -2.38. The van der Waals surface area contributed by atoms with Crippen molar-refractivity contribution in [2.24, 2.45) is 5.92 Å². The van der Waals surface area contributed by atoms with Crippen LogP contribution in [0.15, 0.2) is 54.9 Å². The van der Waals surface area contributed by atoms with Gasteiger partial charge in [-0.25, -0.2) is 0 Å². The Morgan fingerprint density at radius 1 is 1.10 bits per heavy atom. The summed E-state index contributed by atoms with van der Waals surface area (Å²) in [5, 5.41) is 12.6. The summed E-state index contributed by atoms with van der Waals surface area (Å²) in [6.45, 7) is 2.49. The zero-order valence-electron chi connectivity index (χ0n) is 16.8. The molecule has 2 amide bonds. The van der Waals surface area contributed by atoms with Gasteiger partial charge in [0.2, 0.25) is 0 Å². The van der Waals surface area contributed by atoms with Gasteiger partial charge in [0.25, 0.3) is 11.8 Å². The average Bonchev–Trinajstić information content (AvgIpc) is 3.27. The van der Waals surface area contributed by atoms with Gasteiger partial charge in [-0.2, -0.15) is 5.10 Å². The van der Waals surface area contributed by atoms with E-state index < -0.39 is 0 Å². The van der Waals surface area contributed by atoms with E-state index in [2.05, 4.69) is 30.7 Å². The maximum absolute atomic E-state index is 12.5. The summed E-state index contributed by atoms with van der Waals surface area (Å²) in [4.78, 5) is 31.2. The van der Waals surface area contributed by atoms with Crippen LogP contribution in [0.1, 0.15) is 33.7 Å². The Morgan fingerprint density at radius 3 is 2.58 bits per heavy atom. The minimum atomic E-state index is -0.373. The van der Waals surface area contributed by atoms with E-state index in [9.17, 15) is 9.59 Å². The molecule has 4 rings (SSSR count). The molecule has 160 valence electrons. The quantitative estimate of drug-likeness (QED) is 0.547. The van der Waals surface area contributed by atoms with Crippen molar-refractivity contribution < 1.29 is 9.59 Å². The number of anilines is 2. The third-order valence-electron chi connectivity index (χ3n) is 5.37. The van der Waals surface area contributed by atoms with E-state index >= 15 is 0 Å². The number of piperidine rings is 1.